The number of para-hydroxylation sites is 1. The van der Waals surface area contributed by atoms with Crippen molar-refractivity contribution in [1.29, 1.82) is 0 Å². The van der Waals surface area contributed by atoms with E-state index >= 15 is 0 Å². The standard InChI is InChI=1S/C17H22N2O3/c1-2-13-5-3-4-6-14(13)22-10-16(21)19-8-7-17(12-19)9-15(20)18-11-17/h3-6H,2,7-12H2,1H3,(H,18,20). The van der Waals surface area contributed by atoms with Gasteiger partial charge in [0.05, 0.1) is 0 Å². The summed E-state index contributed by atoms with van der Waals surface area (Å²) in [6.45, 7) is 4.19. The quantitative estimate of drug-likeness (QED) is 0.914. The maximum absolute atomic E-state index is 12.3. The Balaban J connectivity index is 1.56. The van der Waals surface area contributed by atoms with Crippen molar-refractivity contribution >= 4 is 11.8 Å². The summed E-state index contributed by atoms with van der Waals surface area (Å²) < 4.78 is 5.70. The number of aryl methyl sites for hydroxylation is 1. The van der Waals surface area contributed by atoms with Crippen LogP contribution in [0.5, 0.6) is 5.75 Å². The van der Waals surface area contributed by atoms with E-state index in [1.54, 1.807) is 0 Å². The number of likely N-dealkylation sites (tertiary alicyclic amines) is 1. The van der Waals surface area contributed by atoms with Crippen LogP contribution in [0.15, 0.2) is 24.3 Å². The lowest BCUT2D eigenvalue weighted by molar-refractivity contribution is -0.132. The molecule has 2 heterocycles. The average Bonchev–Trinajstić information content (AvgIpc) is 3.11. The molecule has 22 heavy (non-hydrogen) atoms. The van der Waals surface area contributed by atoms with Crippen molar-refractivity contribution in [3.05, 3.63) is 29.8 Å². The van der Waals surface area contributed by atoms with Crippen molar-refractivity contribution in [2.24, 2.45) is 5.41 Å². The van der Waals surface area contributed by atoms with Crippen LogP contribution in [0.25, 0.3) is 0 Å². The Morgan fingerprint density at radius 3 is 2.95 bits per heavy atom. The lowest BCUT2D eigenvalue weighted by atomic mass is 9.86. The monoisotopic (exact) mass is 302 g/mol. The number of benzene rings is 1. The highest BCUT2D eigenvalue weighted by Crippen LogP contribution is 2.36. The zero-order valence-corrected chi connectivity index (χ0v) is 12.9. The van der Waals surface area contributed by atoms with Gasteiger partial charge in [0.1, 0.15) is 5.75 Å². The Hall–Kier alpha value is -2.04. The van der Waals surface area contributed by atoms with Crippen molar-refractivity contribution in [3.8, 4) is 5.75 Å². The minimum Gasteiger partial charge on any atom is -0.483 e. The molecule has 2 fully saturated rings. The number of nitrogens with zero attached hydrogens (tertiary/aromatic N) is 1. The molecule has 2 aliphatic heterocycles. The molecule has 0 aromatic heterocycles. The molecule has 5 heteroatoms. The molecule has 2 saturated heterocycles. The van der Waals surface area contributed by atoms with Crippen molar-refractivity contribution in [2.45, 2.75) is 26.2 Å². The molecular weight excluding hydrogens is 280 g/mol. The molecule has 3 rings (SSSR count). The van der Waals surface area contributed by atoms with Crippen LogP contribution in [-0.4, -0.2) is 43.0 Å². The van der Waals surface area contributed by atoms with Crippen molar-refractivity contribution in [2.75, 3.05) is 26.2 Å². The highest BCUT2D eigenvalue weighted by molar-refractivity contribution is 5.81. The highest BCUT2D eigenvalue weighted by Gasteiger charge is 2.45. The van der Waals surface area contributed by atoms with Gasteiger partial charge in [0.15, 0.2) is 6.61 Å². The molecule has 0 aliphatic carbocycles. The zero-order valence-electron chi connectivity index (χ0n) is 12.9. The Labute approximate surface area is 130 Å². The number of amides is 2. The largest absolute Gasteiger partial charge is 0.483 e. The third-order valence-electron chi connectivity index (χ3n) is 4.69. The fraction of sp³-hybridized carbons (Fsp3) is 0.529. The molecular formula is C17H22N2O3. The van der Waals surface area contributed by atoms with Gasteiger partial charge < -0.3 is 15.0 Å². The van der Waals surface area contributed by atoms with E-state index in [-0.39, 0.29) is 23.8 Å². The minimum atomic E-state index is -0.0476. The molecule has 1 aromatic carbocycles. The maximum atomic E-state index is 12.3. The van der Waals surface area contributed by atoms with Gasteiger partial charge in [0.2, 0.25) is 5.91 Å². The van der Waals surface area contributed by atoms with E-state index in [0.717, 1.165) is 24.2 Å². The molecule has 0 radical (unpaired) electrons. The van der Waals surface area contributed by atoms with Crippen LogP contribution in [-0.2, 0) is 16.0 Å². The van der Waals surface area contributed by atoms with Crippen LogP contribution in [0, 0.1) is 5.41 Å². The van der Waals surface area contributed by atoms with E-state index in [1.807, 2.05) is 29.2 Å². The third kappa shape index (κ3) is 2.93. The Morgan fingerprint density at radius 1 is 1.41 bits per heavy atom. The number of nitrogens with one attached hydrogen (secondary N) is 1. The first-order valence-electron chi connectivity index (χ1n) is 7.87. The molecule has 1 aromatic rings. The number of carbonyl (C=O) groups excluding carboxylic acids is 2. The highest BCUT2D eigenvalue weighted by atomic mass is 16.5. The molecule has 118 valence electrons. The maximum Gasteiger partial charge on any atom is 0.260 e. The first-order chi connectivity index (χ1) is 10.6. The third-order valence-corrected chi connectivity index (χ3v) is 4.69. The van der Waals surface area contributed by atoms with Gasteiger partial charge in [-0.2, -0.15) is 0 Å². The second-order valence-corrected chi connectivity index (χ2v) is 6.27. The van der Waals surface area contributed by atoms with Gasteiger partial charge in [-0.3, -0.25) is 9.59 Å². The second-order valence-electron chi connectivity index (χ2n) is 6.27. The molecule has 1 unspecified atom stereocenters. The fourth-order valence-electron chi connectivity index (χ4n) is 3.36. The van der Waals surface area contributed by atoms with Crippen LogP contribution in [0.2, 0.25) is 0 Å². The number of hydrogen-bond donors (Lipinski definition) is 1. The van der Waals surface area contributed by atoms with Crippen LogP contribution < -0.4 is 10.1 Å². The van der Waals surface area contributed by atoms with Crippen LogP contribution in [0.4, 0.5) is 0 Å². The van der Waals surface area contributed by atoms with Crippen LogP contribution in [0.3, 0.4) is 0 Å². The zero-order chi connectivity index (χ0) is 15.6. The van der Waals surface area contributed by atoms with Crippen molar-refractivity contribution < 1.29 is 14.3 Å². The molecule has 1 spiro atoms. The summed E-state index contributed by atoms with van der Waals surface area (Å²) in [6.07, 6.45) is 2.31. The van der Waals surface area contributed by atoms with E-state index in [9.17, 15) is 9.59 Å². The van der Waals surface area contributed by atoms with E-state index in [2.05, 4.69) is 12.2 Å². The second kappa shape index (κ2) is 5.99. The van der Waals surface area contributed by atoms with Crippen molar-refractivity contribution in [1.82, 2.24) is 10.2 Å². The molecule has 0 bridgehead atoms. The lowest BCUT2D eigenvalue weighted by Crippen LogP contribution is -2.36. The van der Waals surface area contributed by atoms with Crippen molar-refractivity contribution in [3.63, 3.8) is 0 Å². The summed E-state index contributed by atoms with van der Waals surface area (Å²) in [5.41, 5.74) is 1.06. The lowest BCUT2D eigenvalue weighted by Gasteiger charge is -2.22. The minimum absolute atomic E-state index is 0.00197. The SMILES string of the molecule is CCc1ccccc1OCC(=O)N1CCC2(CNC(=O)C2)C1. The van der Waals surface area contributed by atoms with Crippen LogP contribution >= 0.6 is 0 Å². The van der Waals surface area contributed by atoms with E-state index < -0.39 is 0 Å². The Kier molecular flexibility index (Phi) is 4.05. The van der Waals surface area contributed by atoms with Gasteiger partial charge in [0, 0.05) is 31.5 Å². The van der Waals surface area contributed by atoms with E-state index in [4.69, 9.17) is 4.74 Å². The van der Waals surface area contributed by atoms with Gasteiger partial charge in [-0.25, -0.2) is 0 Å². The summed E-state index contributed by atoms with van der Waals surface area (Å²) in [5, 5.41) is 2.88. The summed E-state index contributed by atoms with van der Waals surface area (Å²) in [5.74, 6) is 0.884. The fourth-order valence-corrected chi connectivity index (χ4v) is 3.36. The molecule has 2 aliphatic rings. The first-order valence-corrected chi connectivity index (χ1v) is 7.87. The van der Waals surface area contributed by atoms with Gasteiger partial charge in [-0.1, -0.05) is 25.1 Å². The molecule has 1 N–H and O–H groups in total. The van der Waals surface area contributed by atoms with Gasteiger partial charge in [-0.05, 0) is 24.5 Å². The summed E-state index contributed by atoms with van der Waals surface area (Å²) in [4.78, 5) is 25.6. The molecule has 2 amide bonds. The number of hydrogen-bond acceptors (Lipinski definition) is 3. The predicted octanol–water partition coefficient (Wildman–Crippen LogP) is 1.37. The van der Waals surface area contributed by atoms with Gasteiger partial charge >= 0.3 is 0 Å². The predicted molar refractivity (Wildman–Crippen MR) is 82.6 cm³/mol. The van der Waals surface area contributed by atoms with E-state index in [1.165, 1.54) is 0 Å². The Bertz CT molecular complexity index is 587. The summed E-state index contributed by atoms with van der Waals surface area (Å²) in [7, 11) is 0. The smallest absolute Gasteiger partial charge is 0.260 e. The molecule has 1 atom stereocenters. The number of ether oxygens (including phenoxy) is 1. The van der Waals surface area contributed by atoms with Gasteiger partial charge in [-0.15, -0.1) is 0 Å². The average molecular weight is 302 g/mol. The number of carbonyl (C=O) groups is 2. The first kappa shape index (κ1) is 14.9. The number of rotatable bonds is 4. The van der Waals surface area contributed by atoms with Gasteiger partial charge in [0.25, 0.3) is 5.91 Å². The normalized spacial score (nSPS) is 23.9. The van der Waals surface area contributed by atoms with Crippen LogP contribution in [0.1, 0.15) is 25.3 Å². The Morgan fingerprint density at radius 2 is 2.23 bits per heavy atom. The molecule has 5 nitrogen and oxygen atoms in total. The summed E-state index contributed by atoms with van der Waals surface area (Å²) in [6, 6.07) is 7.80. The topological polar surface area (TPSA) is 58.6 Å². The van der Waals surface area contributed by atoms with E-state index in [0.29, 0.717) is 26.1 Å². The summed E-state index contributed by atoms with van der Waals surface area (Å²) >= 11 is 0. The molecule has 0 saturated carbocycles.